The van der Waals surface area contributed by atoms with Crippen molar-refractivity contribution in [1.82, 2.24) is 0 Å². The van der Waals surface area contributed by atoms with Crippen LogP contribution in [0.2, 0.25) is 0 Å². The van der Waals surface area contributed by atoms with Gasteiger partial charge in [0.05, 0.1) is 19.1 Å². The first kappa shape index (κ1) is 13.7. The highest BCUT2D eigenvalue weighted by atomic mass is 16.5. The SMILES string of the molecule is CC[C@H](O)CC(C(=O)OC)c1ccc(C)cc1. The minimum absolute atomic E-state index is 0.290. The smallest absolute Gasteiger partial charge is 0.313 e. The van der Waals surface area contributed by atoms with E-state index in [4.69, 9.17) is 4.74 Å². The van der Waals surface area contributed by atoms with Crippen molar-refractivity contribution in [2.75, 3.05) is 7.11 Å². The second-order valence-corrected chi connectivity index (χ2v) is 4.28. The molecule has 1 rings (SSSR count). The van der Waals surface area contributed by atoms with Gasteiger partial charge in [0, 0.05) is 0 Å². The second-order valence-electron chi connectivity index (χ2n) is 4.28. The van der Waals surface area contributed by atoms with E-state index in [0.29, 0.717) is 12.8 Å². The number of benzene rings is 1. The Morgan fingerprint density at radius 1 is 1.35 bits per heavy atom. The molecule has 1 aromatic rings. The molecule has 0 heterocycles. The van der Waals surface area contributed by atoms with Gasteiger partial charge in [0.25, 0.3) is 0 Å². The maximum atomic E-state index is 11.7. The summed E-state index contributed by atoms with van der Waals surface area (Å²) in [5, 5.41) is 9.68. The van der Waals surface area contributed by atoms with Gasteiger partial charge in [-0.1, -0.05) is 36.8 Å². The van der Waals surface area contributed by atoms with Crippen molar-refractivity contribution in [2.45, 2.75) is 38.7 Å². The molecule has 1 unspecified atom stereocenters. The highest BCUT2D eigenvalue weighted by Gasteiger charge is 2.23. The highest BCUT2D eigenvalue weighted by molar-refractivity contribution is 5.78. The zero-order valence-corrected chi connectivity index (χ0v) is 10.6. The normalized spacial score (nSPS) is 14.1. The number of ether oxygens (including phenoxy) is 1. The number of aliphatic hydroxyl groups excluding tert-OH is 1. The summed E-state index contributed by atoms with van der Waals surface area (Å²) >= 11 is 0. The molecule has 0 aliphatic carbocycles. The molecule has 0 aliphatic rings. The summed E-state index contributed by atoms with van der Waals surface area (Å²) in [4.78, 5) is 11.7. The zero-order valence-electron chi connectivity index (χ0n) is 10.6. The van der Waals surface area contributed by atoms with Crippen molar-refractivity contribution in [3.63, 3.8) is 0 Å². The van der Waals surface area contributed by atoms with E-state index < -0.39 is 6.10 Å². The Bertz CT molecular complexity index is 356. The maximum absolute atomic E-state index is 11.7. The van der Waals surface area contributed by atoms with Crippen LogP contribution in [-0.2, 0) is 9.53 Å². The fraction of sp³-hybridized carbons (Fsp3) is 0.500. The van der Waals surface area contributed by atoms with E-state index in [-0.39, 0.29) is 11.9 Å². The number of methoxy groups -OCH3 is 1. The second kappa shape index (κ2) is 6.40. The number of hydrogen-bond donors (Lipinski definition) is 1. The number of aliphatic hydroxyl groups is 1. The van der Waals surface area contributed by atoms with E-state index in [1.165, 1.54) is 7.11 Å². The van der Waals surface area contributed by atoms with E-state index in [1.807, 2.05) is 38.1 Å². The minimum Gasteiger partial charge on any atom is -0.469 e. The van der Waals surface area contributed by atoms with Gasteiger partial charge in [-0.05, 0) is 25.3 Å². The Kier molecular flexibility index (Phi) is 5.16. The van der Waals surface area contributed by atoms with Crippen LogP contribution in [0.5, 0.6) is 0 Å². The van der Waals surface area contributed by atoms with Gasteiger partial charge < -0.3 is 9.84 Å². The Hall–Kier alpha value is -1.35. The van der Waals surface area contributed by atoms with E-state index >= 15 is 0 Å². The molecule has 0 saturated carbocycles. The van der Waals surface area contributed by atoms with E-state index in [1.54, 1.807) is 0 Å². The van der Waals surface area contributed by atoms with Crippen LogP contribution >= 0.6 is 0 Å². The average Bonchev–Trinajstić information content (AvgIpc) is 2.36. The molecule has 0 radical (unpaired) electrons. The molecule has 3 nitrogen and oxygen atoms in total. The molecular formula is C14H20O3. The summed E-state index contributed by atoms with van der Waals surface area (Å²) in [5.74, 6) is -0.670. The number of carbonyl (C=O) groups excluding carboxylic acids is 1. The molecule has 0 bridgehead atoms. The predicted octanol–water partition coefficient (Wildman–Crippen LogP) is 2.41. The van der Waals surface area contributed by atoms with Gasteiger partial charge in [-0.15, -0.1) is 0 Å². The van der Waals surface area contributed by atoms with E-state index in [0.717, 1.165) is 11.1 Å². The van der Waals surface area contributed by atoms with Crippen molar-refractivity contribution >= 4 is 5.97 Å². The van der Waals surface area contributed by atoms with Crippen LogP contribution in [0.3, 0.4) is 0 Å². The standard InChI is InChI=1S/C14H20O3/c1-4-12(15)9-13(14(16)17-3)11-7-5-10(2)6-8-11/h5-8,12-13,15H,4,9H2,1-3H3/t12-,13?/m0/s1. The summed E-state index contributed by atoms with van der Waals surface area (Å²) in [7, 11) is 1.38. The zero-order chi connectivity index (χ0) is 12.8. The lowest BCUT2D eigenvalue weighted by Crippen LogP contribution is -2.20. The number of rotatable bonds is 5. The van der Waals surface area contributed by atoms with Crippen LogP contribution in [0.15, 0.2) is 24.3 Å². The molecule has 17 heavy (non-hydrogen) atoms. The largest absolute Gasteiger partial charge is 0.469 e. The molecule has 0 saturated heterocycles. The summed E-state index contributed by atoms with van der Waals surface area (Å²) in [6, 6.07) is 7.76. The molecule has 1 aromatic carbocycles. The van der Waals surface area contributed by atoms with Crippen LogP contribution in [0, 0.1) is 6.92 Å². The first-order chi connectivity index (χ1) is 8.08. The van der Waals surface area contributed by atoms with Gasteiger partial charge in [0.1, 0.15) is 0 Å². The van der Waals surface area contributed by atoms with Crippen molar-refractivity contribution in [3.8, 4) is 0 Å². The van der Waals surface area contributed by atoms with Crippen molar-refractivity contribution in [3.05, 3.63) is 35.4 Å². The third-order valence-electron chi connectivity index (χ3n) is 2.94. The number of aryl methyl sites for hydroxylation is 1. The number of esters is 1. The molecule has 2 atom stereocenters. The molecular weight excluding hydrogens is 216 g/mol. The first-order valence-electron chi connectivity index (χ1n) is 5.91. The average molecular weight is 236 g/mol. The Morgan fingerprint density at radius 2 is 1.94 bits per heavy atom. The molecule has 0 amide bonds. The fourth-order valence-electron chi connectivity index (χ4n) is 1.75. The van der Waals surface area contributed by atoms with Crippen molar-refractivity contribution in [2.24, 2.45) is 0 Å². The van der Waals surface area contributed by atoms with Crippen LogP contribution in [-0.4, -0.2) is 24.3 Å². The minimum atomic E-state index is -0.472. The Labute approximate surface area is 102 Å². The molecule has 1 N–H and O–H groups in total. The summed E-state index contributed by atoms with van der Waals surface area (Å²) in [5.41, 5.74) is 2.04. The summed E-state index contributed by atoms with van der Waals surface area (Å²) < 4.78 is 4.79. The van der Waals surface area contributed by atoms with Gasteiger partial charge >= 0.3 is 5.97 Å². The lowest BCUT2D eigenvalue weighted by molar-refractivity contribution is -0.143. The fourth-order valence-corrected chi connectivity index (χ4v) is 1.75. The summed E-state index contributed by atoms with van der Waals surface area (Å²) in [6.45, 7) is 3.89. The van der Waals surface area contributed by atoms with Crippen molar-refractivity contribution < 1.29 is 14.6 Å². The van der Waals surface area contributed by atoms with Crippen LogP contribution in [0.25, 0.3) is 0 Å². The molecule has 0 aromatic heterocycles. The topological polar surface area (TPSA) is 46.5 Å². The molecule has 0 spiro atoms. The summed E-state index contributed by atoms with van der Waals surface area (Å²) in [6.07, 6.45) is 0.575. The Balaban J connectivity index is 2.89. The van der Waals surface area contributed by atoms with E-state index in [2.05, 4.69) is 0 Å². The first-order valence-corrected chi connectivity index (χ1v) is 5.91. The van der Waals surface area contributed by atoms with Crippen molar-refractivity contribution in [1.29, 1.82) is 0 Å². The monoisotopic (exact) mass is 236 g/mol. The van der Waals surface area contributed by atoms with E-state index in [9.17, 15) is 9.90 Å². The van der Waals surface area contributed by atoms with Crippen LogP contribution < -0.4 is 0 Å². The molecule has 94 valence electrons. The van der Waals surface area contributed by atoms with Gasteiger partial charge in [-0.25, -0.2) is 0 Å². The number of carbonyl (C=O) groups is 1. The van der Waals surface area contributed by atoms with Gasteiger partial charge in [-0.3, -0.25) is 4.79 Å². The molecule has 3 heteroatoms. The quantitative estimate of drug-likeness (QED) is 0.799. The maximum Gasteiger partial charge on any atom is 0.313 e. The predicted molar refractivity (Wildman–Crippen MR) is 66.9 cm³/mol. The lowest BCUT2D eigenvalue weighted by atomic mass is 9.92. The van der Waals surface area contributed by atoms with Gasteiger partial charge in [0.15, 0.2) is 0 Å². The molecule has 0 aliphatic heterocycles. The van der Waals surface area contributed by atoms with Crippen LogP contribution in [0.4, 0.5) is 0 Å². The third-order valence-corrected chi connectivity index (χ3v) is 2.94. The number of hydrogen-bond acceptors (Lipinski definition) is 3. The Morgan fingerprint density at radius 3 is 2.41 bits per heavy atom. The van der Waals surface area contributed by atoms with Gasteiger partial charge in [-0.2, -0.15) is 0 Å². The lowest BCUT2D eigenvalue weighted by Gasteiger charge is -2.18. The molecule has 0 fully saturated rings. The van der Waals surface area contributed by atoms with Gasteiger partial charge in [0.2, 0.25) is 0 Å². The third kappa shape index (κ3) is 3.86. The highest BCUT2D eigenvalue weighted by Crippen LogP contribution is 2.24. The van der Waals surface area contributed by atoms with Crippen LogP contribution in [0.1, 0.15) is 36.8 Å².